The van der Waals surface area contributed by atoms with Gasteiger partial charge in [0.15, 0.2) is 6.23 Å². The van der Waals surface area contributed by atoms with Gasteiger partial charge in [-0.2, -0.15) is 0 Å². The summed E-state index contributed by atoms with van der Waals surface area (Å²) in [5.74, 6) is 1.63. The Balaban J connectivity index is 2.25. The van der Waals surface area contributed by atoms with Crippen molar-refractivity contribution in [3.8, 4) is 0 Å². The number of aliphatic hydroxyl groups is 1. The number of morpholine rings is 1. The molecule has 1 heterocycles. The van der Waals surface area contributed by atoms with Crippen LogP contribution >= 0.6 is 0 Å². The quantitative estimate of drug-likeness (QED) is 0.771. The van der Waals surface area contributed by atoms with Crippen LogP contribution in [0.2, 0.25) is 0 Å². The second-order valence-electron chi connectivity index (χ2n) is 4.50. The van der Waals surface area contributed by atoms with E-state index in [0.717, 1.165) is 37.1 Å². The van der Waals surface area contributed by atoms with Crippen LogP contribution in [0.5, 0.6) is 0 Å². The van der Waals surface area contributed by atoms with E-state index in [-0.39, 0.29) is 0 Å². The topological polar surface area (TPSA) is 41.5 Å². The van der Waals surface area contributed by atoms with Crippen LogP contribution in [0.15, 0.2) is 23.1 Å². The van der Waals surface area contributed by atoms with Gasteiger partial charge in [-0.25, -0.2) is 0 Å². The number of aliphatic hydroxyl groups excluding tert-OH is 1. The van der Waals surface area contributed by atoms with Gasteiger partial charge >= 0.3 is 0 Å². The number of hydrogen-bond acceptors (Lipinski definition) is 3. The van der Waals surface area contributed by atoms with E-state index >= 15 is 0 Å². The molecule has 2 aliphatic rings. The van der Waals surface area contributed by atoms with Crippen molar-refractivity contribution in [2.24, 2.45) is 5.92 Å². The smallest absolute Gasteiger partial charge is 0.159 e. The molecule has 0 aromatic rings. The summed E-state index contributed by atoms with van der Waals surface area (Å²) in [5.41, 5.74) is 2.42. The normalized spacial score (nSPS) is 24.8. The van der Waals surface area contributed by atoms with E-state index in [1.807, 2.05) is 0 Å². The second kappa shape index (κ2) is 4.91. The van der Waals surface area contributed by atoms with E-state index in [4.69, 9.17) is 4.74 Å². The molecule has 1 saturated heterocycles. The first-order chi connectivity index (χ1) is 7.76. The summed E-state index contributed by atoms with van der Waals surface area (Å²) < 4.78 is 5.69. The lowest BCUT2D eigenvalue weighted by molar-refractivity contribution is 0.0302. The van der Waals surface area contributed by atoms with Crippen LogP contribution in [0, 0.1) is 5.92 Å². The summed E-state index contributed by atoms with van der Waals surface area (Å²) in [6.07, 6.45) is 6.04. The molecule has 0 aromatic heterocycles. The van der Waals surface area contributed by atoms with Gasteiger partial charge in [-0.05, 0) is 37.2 Å². The van der Waals surface area contributed by atoms with Crippen LogP contribution in [0.3, 0.4) is 0 Å². The summed E-state index contributed by atoms with van der Waals surface area (Å²) >= 11 is 0. The molecular formula is C13H21NO2. The minimum atomic E-state index is -0.559. The first kappa shape index (κ1) is 11.5. The van der Waals surface area contributed by atoms with E-state index < -0.39 is 6.23 Å². The monoisotopic (exact) mass is 223 g/mol. The highest BCUT2D eigenvalue weighted by Gasteiger charge is 2.27. The van der Waals surface area contributed by atoms with Crippen molar-refractivity contribution in [2.75, 3.05) is 6.61 Å². The molecule has 0 aromatic carbocycles. The molecule has 1 fully saturated rings. The molecule has 2 rings (SSSR count). The van der Waals surface area contributed by atoms with Gasteiger partial charge in [-0.15, -0.1) is 0 Å². The van der Waals surface area contributed by atoms with Crippen LogP contribution in [0.4, 0.5) is 0 Å². The Bertz CT molecular complexity index is 316. The van der Waals surface area contributed by atoms with Crippen LogP contribution in [-0.2, 0) is 4.74 Å². The molecule has 0 radical (unpaired) electrons. The molecule has 0 amide bonds. The number of ether oxygens (including phenoxy) is 1. The fourth-order valence-corrected chi connectivity index (χ4v) is 2.60. The van der Waals surface area contributed by atoms with Gasteiger partial charge in [0.05, 0.1) is 5.70 Å². The van der Waals surface area contributed by atoms with Gasteiger partial charge in [0, 0.05) is 0 Å². The predicted molar refractivity (Wildman–Crippen MR) is 63.5 cm³/mol. The van der Waals surface area contributed by atoms with Gasteiger partial charge in [0.25, 0.3) is 0 Å². The Morgan fingerprint density at radius 2 is 2.25 bits per heavy atom. The molecule has 1 atom stereocenters. The Kier molecular flexibility index (Phi) is 3.54. The average Bonchev–Trinajstić information content (AvgIpc) is 2.30. The highest BCUT2D eigenvalue weighted by Crippen LogP contribution is 2.34. The Morgan fingerprint density at radius 3 is 2.94 bits per heavy atom. The van der Waals surface area contributed by atoms with Crippen molar-refractivity contribution >= 4 is 0 Å². The van der Waals surface area contributed by atoms with Gasteiger partial charge in [0.2, 0.25) is 0 Å². The maximum Gasteiger partial charge on any atom is 0.159 e. The molecule has 3 heteroatoms. The summed E-state index contributed by atoms with van der Waals surface area (Å²) in [6.45, 7) is 4.81. The number of hydrogen-bond donors (Lipinski definition) is 2. The lowest BCUT2D eigenvalue weighted by Crippen LogP contribution is -2.39. The Morgan fingerprint density at radius 1 is 1.50 bits per heavy atom. The third-order valence-corrected chi connectivity index (χ3v) is 3.48. The van der Waals surface area contributed by atoms with Crippen molar-refractivity contribution in [3.05, 3.63) is 23.1 Å². The molecule has 90 valence electrons. The van der Waals surface area contributed by atoms with Crippen molar-refractivity contribution < 1.29 is 9.84 Å². The highest BCUT2D eigenvalue weighted by molar-refractivity contribution is 5.35. The first-order valence-electron chi connectivity index (χ1n) is 6.27. The number of nitrogens with one attached hydrogen (secondary N) is 1. The van der Waals surface area contributed by atoms with Crippen molar-refractivity contribution in [2.45, 2.75) is 45.8 Å². The summed E-state index contributed by atoms with van der Waals surface area (Å²) in [4.78, 5) is 0. The average molecular weight is 223 g/mol. The fourth-order valence-electron chi connectivity index (χ4n) is 2.60. The SMILES string of the molecule is CCC(CC)C1=C2OCC(O)NC2=CCC1. The molecule has 1 unspecified atom stereocenters. The number of allylic oxidation sites excluding steroid dienone is 2. The lowest BCUT2D eigenvalue weighted by Gasteiger charge is -2.32. The summed E-state index contributed by atoms with van der Waals surface area (Å²) in [7, 11) is 0. The van der Waals surface area contributed by atoms with Crippen molar-refractivity contribution in [3.63, 3.8) is 0 Å². The minimum Gasteiger partial charge on any atom is -0.487 e. The third kappa shape index (κ3) is 2.09. The fraction of sp³-hybridized carbons (Fsp3) is 0.692. The Hall–Kier alpha value is -0.960. The largest absolute Gasteiger partial charge is 0.487 e. The summed E-state index contributed by atoms with van der Waals surface area (Å²) in [5, 5.41) is 12.6. The maximum absolute atomic E-state index is 9.49. The van der Waals surface area contributed by atoms with Gasteiger partial charge in [-0.1, -0.05) is 19.9 Å². The van der Waals surface area contributed by atoms with E-state index in [1.54, 1.807) is 0 Å². The van der Waals surface area contributed by atoms with E-state index in [1.165, 1.54) is 5.57 Å². The Labute approximate surface area is 97.2 Å². The van der Waals surface area contributed by atoms with Gasteiger partial charge in [-0.3, -0.25) is 0 Å². The highest BCUT2D eigenvalue weighted by atomic mass is 16.5. The molecule has 0 bridgehead atoms. The molecule has 2 N–H and O–H groups in total. The van der Waals surface area contributed by atoms with Crippen molar-refractivity contribution in [1.29, 1.82) is 0 Å². The van der Waals surface area contributed by atoms with E-state index in [0.29, 0.717) is 12.5 Å². The van der Waals surface area contributed by atoms with Crippen LogP contribution < -0.4 is 5.32 Å². The van der Waals surface area contributed by atoms with Gasteiger partial charge < -0.3 is 15.2 Å². The number of rotatable bonds is 3. The molecule has 0 saturated carbocycles. The van der Waals surface area contributed by atoms with E-state index in [2.05, 4.69) is 25.2 Å². The van der Waals surface area contributed by atoms with Gasteiger partial charge in [0.1, 0.15) is 12.4 Å². The van der Waals surface area contributed by atoms with Crippen LogP contribution in [0.25, 0.3) is 0 Å². The summed E-state index contributed by atoms with van der Waals surface area (Å²) in [6, 6.07) is 0. The molecule has 1 aliphatic carbocycles. The first-order valence-corrected chi connectivity index (χ1v) is 6.27. The predicted octanol–water partition coefficient (Wildman–Crippen LogP) is 2.29. The number of fused-ring (bicyclic) bond motifs is 1. The third-order valence-electron chi connectivity index (χ3n) is 3.48. The lowest BCUT2D eigenvalue weighted by atomic mass is 9.86. The minimum absolute atomic E-state index is 0.357. The maximum atomic E-state index is 9.49. The van der Waals surface area contributed by atoms with E-state index in [9.17, 15) is 5.11 Å². The van der Waals surface area contributed by atoms with Crippen LogP contribution in [0.1, 0.15) is 39.5 Å². The van der Waals surface area contributed by atoms with Crippen molar-refractivity contribution in [1.82, 2.24) is 5.32 Å². The van der Waals surface area contributed by atoms with Crippen LogP contribution in [-0.4, -0.2) is 17.9 Å². The second-order valence-corrected chi connectivity index (χ2v) is 4.50. The standard InChI is InChI=1S/C13H21NO2/c1-3-9(4-2)10-6-5-7-11-13(10)16-8-12(15)14-11/h7,9,12,14-15H,3-6,8H2,1-2H3. The molecule has 0 spiro atoms. The molecule has 16 heavy (non-hydrogen) atoms. The molecular weight excluding hydrogens is 202 g/mol. The molecule has 1 aliphatic heterocycles. The zero-order chi connectivity index (χ0) is 11.5. The zero-order valence-electron chi connectivity index (χ0n) is 10.1. The molecule has 3 nitrogen and oxygen atoms in total. The zero-order valence-corrected chi connectivity index (χ0v) is 10.1.